The predicted octanol–water partition coefficient (Wildman–Crippen LogP) is 0.909. The maximum Gasteiger partial charge on any atom is 0.236 e. The number of hydrogen-bond acceptors (Lipinski definition) is 6. The molecule has 3 amide bonds. The summed E-state index contributed by atoms with van der Waals surface area (Å²) in [6, 6.07) is 7.92. The van der Waals surface area contributed by atoms with Gasteiger partial charge in [-0.3, -0.25) is 19.3 Å². The molecule has 168 valence electrons. The van der Waals surface area contributed by atoms with Crippen molar-refractivity contribution in [1.29, 1.82) is 0 Å². The number of fused-ring (bicyclic) bond motifs is 1. The molecule has 3 aliphatic rings. The van der Waals surface area contributed by atoms with Gasteiger partial charge in [-0.05, 0) is 12.1 Å². The van der Waals surface area contributed by atoms with Gasteiger partial charge in [-0.1, -0.05) is 12.1 Å². The molecular weight excluding hydrogens is 416 g/mol. The summed E-state index contributed by atoms with van der Waals surface area (Å²) in [5.41, 5.74) is 0.948. The lowest BCUT2D eigenvalue weighted by Gasteiger charge is -2.36. The Bertz CT molecular complexity index is 806. The first-order valence-electron chi connectivity index (χ1n) is 11.0. The molecule has 1 aromatic rings. The molecule has 0 radical (unpaired) electrons. The number of carbonyl (C=O) groups is 3. The summed E-state index contributed by atoms with van der Waals surface area (Å²) >= 11 is 1.76. The number of ether oxygens (including phenoxy) is 1. The number of morpholine rings is 1. The van der Waals surface area contributed by atoms with Crippen LogP contribution in [0.1, 0.15) is 12.8 Å². The van der Waals surface area contributed by atoms with Crippen LogP contribution in [0, 0.1) is 0 Å². The molecule has 0 aliphatic carbocycles. The zero-order valence-corrected chi connectivity index (χ0v) is 18.6. The molecule has 0 spiro atoms. The Kier molecular flexibility index (Phi) is 7.47. The van der Waals surface area contributed by atoms with Crippen molar-refractivity contribution in [1.82, 2.24) is 14.7 Å². The van der Waals surface area contributed by atoms with Crippen LogP contribution in [0.2, 0.25) is 0 Å². The maximum absolute atomic E-state index is 12.8. The van der Waals surface area contributed by atoms with Crippen molar-refractivity contribution in [3.05, 3.63) is 24.3 Å². The third-order valence-electron chi connectivity index (χ3n) is 6.03. The standard InChI is InChI=1S/C22H30N4O4S/c27-20(5-6-21(28)26-13-16-31-19-4-2-1-3-18(19)26)24-7-9-25(10-8-24)22(29)17-23-11-14-30-15-12-23/h1-4H,5-17H2. The number of carbonyl (C=O) groups excluding carboxylic acids is 3. The van der Waals surface area contributed by atoms with E-state index in [-0.39, 0.29) is 30.6 Å². The minimum atomic E-state index is -0.00621. The first-order valence-corrected chi connectivity index (χ1v) is 12.0. The fourth-order valence-corrected chi connectivity index (χ4v) is 5.19. The fraction of sp³-hybridized carbons (Fsp3) is 0.591. The Morgan fingerprint density at radius 3 is 2.19 bits per heavy atom. The van der Waals surface area contributed by atoms with E-state index in [1.807, 2.05) is 29.2 Å². The molecule has 4 rings (SSSR count). The van der Waals surface area contributed by atoms with E-state index in [0.29, 0.717) is 52.5 Å². The summed E-state index contributed by atoms with van der Waals surface area (Å²) in [6.07, 6.45) is 0.431. The van der Waals surface area contributed by atoms with Crippen LogP contribution >= 0.6 is 11.8 Å². The van der Waals surface area contributed by atoms with Crippen molar-refractivity contribution in [3.8, 4) is 0 Å². The van der Waals surface area contributed by atoms with E-state index in [4.69, 9.17) is 4.74 Å². The number of thioether (sulfide) groups is 1. The van der Waals surface area contributed by atoms with Gasteiger partial charge in [0.05, 0.1) is 25.4 Å². The highest BCUT2D eigenvalue weighted by atomic mass is 32.2. The Balaban J connectivity index is 1.21. The third kappa shape index (κ3) is 5.58. The van der Waals surface area contributed by atoms with E-state index in [1.165, 1.54) is 0 Å². The molecule has 0 saturated carbocycles. The van der Waals surface area contributed by atoms with Gasteiger partial charge in [0.25, 0.3) is 0 Å². The second-order valence-electron chi connectivity index (χ2n) is 8.01. The van der Waals surface area contributed by atoms with Crippen LogP contribution in [-0.4, -0.2) is 104 Å². The van der Waals surface area contributed by atoms with Crippen LogP contribution in [0.25, 0.3) is 0 Å². The quantitative estimate of drug-likeness (QED) is 0.670. The zero-order valence-electron chi connectivity index (χ0n) is 17.8. The highest BCUT2D eigenvalue weighted by Crippen LogP contribution is 2.34. The van der Waals surface area contributed by atoms with Crippen molar-refractivity contribution in [3.63, 3.8) is 0 Å². The van der Waals surface area contributed by atoms with Gasteiger partial charge in [0.1, 0.15) is 0 Å². The molecular formula is C22H30N4O4S. The normalized spacial score (nSPS) is 19.8. The average Bonchev–Trinajstić information content (AvgIpc) is 2.82. The number of amides is 3. The number of rotatable bonds is 5. The van der Waals surface area contributed by atoms with Crippen LogP contribution in [0.3, 0.4) is 0 Å². The van der Waals surface area contributed by atoms with E-state index in [1.54, 1.807) is 21.6 Å². The lowest BCUT2D eigenvalue weighted by atomic mass is 10.2. The monoisotopic (exact) mass is 446 g/mol. The van der Waals surface area contributed by atoms with Crippen LogP contribution in [0.15, 0.2) is 29.2 Å². The molecule has 3 aliphatic heterocycles. The highest BCUT2D eigenvalue weighted by molar-refractivity contribution is 7.99. The summed E-state index contributed by atoms with van der Waals surface area (Å²) in [5, 5.41) is 0. The predicted molar refractivity (Wildman–Crippen MR) is 119 cm³/mol. The van der Waals surface area contributed by atoms with Crippen molar-refractivity contribution in [2.75, 3.05) is 76.2 Å². The smallest absolute Gasteiger partial charge is 0.236 e. The van der Waals surface area contributed by atoms with Crippen molar-refractivity contribution >= 4 is 35.2 Å². The molecule has 8 nitrogen and oxygen atoms in total. The Morgan fingerprint density at radius 2 is 1.45 bits per heavy atom. The first-order chi connectivity index (χ1) is 15.1. The molecule has 9 heteroatoms. The van der Waals surface area contributed by atoms with Crippen LogP contribution < -0.4 is 4.90 Å². The molecule has 0 N–H and O–H groups in total. The number of anilines is 1. The van der Waals surface area contributed by atoms with E-state index < -0.39 is 0 Å². The number of nitrogens with zero attached hydrogens (tertiary/aromatic N) is 4. The van der Waals surface area contributed by atoms with Crippen molar-refractivity contribution in [2.24, 2.45) is 0 Å². The average molecular weight is 447 g/mol. The van der Waals surface area contributed by atoms with Gasteiger partial charge >= 0.3 is 0 Å². The molecule has 0 aromatic heterocycles. The number of hydrogen-bond donors (Lipinski definition) is 0. The van der Waals surface area contributed by atoms with E-state index in [2.05, 4.69) is 4.90 Å². The molecule has 0 atom stereocenters. The van der Waals surface area contributed by atoms with Gasteiger partial charge < -0.3 is 19.4 Å². The summed E-state index contributed by atoms with van der Waals surface area (Å²) in [5.74, 6) is 0.983. The van der Waals surface area contributed by atoms with Crippen LogP contribution in [0.5, 0.6) is 0 Å². The van der Waals surface area contributed by atoms with E-state index in [0.717, 1.165) is 29.4 Å². The van der Waals surface area contributed by atoms with Gasteiger partial charge in [-0.2, -0.15) is 0 Å². The van der Waals surface area contributed by atoms with Crippen LogP contribution in [0.4, 0.5) is 5.69 Å². The second kappa shape index (κ2) is 10.5. The Morgan fingerprint density at radius 1 is 0.806 bits per heavy atom. The maximum atomic E-state index is 12.8. The third-order valence-corrected chi connectivity index (χ3v) is 7.07. The number of para-hydroxylation sites is 1. The fourth-order valence-electron chi connectivity index (χ4n) is 4.19. The van der Waals surface area contributed by atoms with Crippen molar-refractivity contribution < 1.29 is 19.1 Å². The summed E-state index contributed by atoms with van der Waals surface area (Å²) in [6.45, 7) is 6.21. The second-order valence-corrected chi connectivity index (χ2v) is 9.15. The molecule has 0 unspecified atom stereocenters. The Labute approximate surface area is 187 Å². The summed E-state index contributed by atoms with van der Waals surface area (Å²) in [4.78, 5) is 46.6. The molecule has 1 aromatic carbocycles. The largest absolute Gasteiger partial charge is 0.379 e. The van der Waals surface area contributed by atoms with Crippen LogP contribution in [-0.2, 0) is 19.1 Å². The van der Waals surface area contributed by atoms with Gasteiger partial charge in [0.2, 0.25) is 17.7 Å². The summed E-state index contributed by atoms with van der Waals surface area (Å²) in [7, 11) is 0. The van der Waals surface area contributed by atoms with Crippen molar-refractivity contribution in [2.45, 2.75) is 17.7 Å². The molecule has 3 heterocycles. The molecule has 2 fully saturated rings. The zero-order chi connectivity index (χ0) is 21.6. The van der Waals surface area contributed by atoms with Gasteiger partial charge in [-0.25, -0.2) is 0 Å². The van der Waals surface area contributed by atoms with E-state index >= 15 is 0 Å². The SMILES string of the molecule is O=C(CCC(=O)N1CCSc2ccccc21)N1CCN(C(=O)CN2CCOCC2)CC1. The summed E-state index contributed by atoms with van der Waals surface area (Å²) < 4.78 is 5.32. The van der Waals surface area contributed by atoms with Gasteiger partial charge in [-0.15, -0.1) is 11.8 Å². The van der Waals surface area contributed by atoms with Gasteiger partial charge in [0.15, 0.2) is 0 Å². The first kappa shape index (κ1) is 22.1. The van der Waals surface area contributed by atoms with Gasteiger partial charge in [0, 0.05) is 69.3 Å². The number of piperazine rings is 1. The number of benzene rings is 1. The molecule has 2 saturated heterocycles. The molecule has 31 heavy (non-hydrogen) atoms. The highest BCUT2D eigenvalue weighted by Gasteiger charge is 2.27. The van der Waals surface area contributed by atoms with E-state index in [9.17, 15) is 14.4 Å². The minimum Gasteiger partial charge on any atom is -0.379 e. The Hall–Kier alpha value is -2.10. The lowest BCUT2D eigenvalue weighted by Crippen LogP contribution is -2.53. The molecule has 0 bridgehead atoms. The minimum absolute atomic E-state index is 0.000393. The topological polar surface area (TPSA) is 73.4 Å². The lowest BCUT2D eigenvalue weighted by molar-refractivity contribution is -0.141.